The zero-order chi connectivity index (χ0) is 14.4. The summed E-state index contributed by atoms with van der Waals surface area (Å²) >= 11 is 3.46. The Kier molecular flexibility index (Phi) is 5.65. The molecule has 1 heterocycles. The van der Waals surface area contributed by atoms with Crippen LogP contribution in [0.5, 0.6) is 0 Å². The highest BCUT2D eigenvalue weighted by molar-refractivity contribution is 9.10. The van der Waals surface area contributed by atoms with Gasteiger partial charge in [0, 0.05) is 29.3 Å². The molecule has 0 spiro atoms. The number of rotatable bonds is 3. The van der Waals surface area contributed by atoms with Crippen molar-refractivity contribution in [1.29, 1.82) is 0 Å². The quantitative estimate of drug-likeness (QED) is 0.835. The summed E-state index contributed by atoms with van der Waals surface area (Å²) in [4.78, 5) is 13.1. The van der Waals surface area contributed by atoms with Crippen LogP contribution in [0.2, 0.25) is 0 Å². The molecule has 3 nitrogen and oxygen atoms in total. The summed E-state index contributed by atoms with van der Waals surface area (Å²) in [6, 6.07) is 6.08. The van der Waals surface area contributed by atoms with E-state index >= 15 is 0 Å². The Balaban J connectivity index is 2.26. The predicted octanol–water partition coefficient (Wildman–Crippen LogP) is 4.32. The van der Waals surface area contributed by atoms with Crippen LogP contribution >= 0.6 is 15.9 Å². The van der Waals surface area contributed by atoms with Crippen LogP contribution in [0, 0.1) is 0 Å². The second kappa shape index (κ2) is 7.48. The number of hydrogen-bond donors (Lipinski definition) is 1. The summed E-state index contributed by atoms with van der Waals surface area (Å²) in [5, 5.41) is 8.82. The van der Waals surface area contributed by atoms with Crippen molar-refractivity contribution in [3.05, 3.63) is 34.3 Å². The van der Waals surface area contributed by atoms with Gasteiger partial charge in [-0.1, -0.05) is 35.2 Å². The summed E-state index contributed by atoms with van der Waals surface area (Å²) in [6.45, 7) is 2.10. The van der Waals surface area contributed by atoms with Gasteiger partial charge in [0.15, 0.2) is 0 Å². The summed E-state index contributed by atoms with van der Waals surface area (Å²) in [6.07, 6.45) is 9.20. The van der Waals surface area contributed by atoms with Crippen LogP contribution in [-0.2, 0) is 4.79 Å². The van der Waals surface area contributed by atoms with Gasteiger partial charge in [0.25, 0.3) is 0 Å². The number of anilines is 1. The first-order valence-corrected chi connectivity index (χ1v) is 7.91. The molecular weight excluding hydrogens is 318 g/mol. The molecule has 0 aliphatic carbocycles. The minimum Gasteiger partial charge on any atom is -0.478 e. The van der Waals surface area contributed by atoms with Gasteiger partial charge in [-0.3, -0.25) is 0 Å². The van der Waals surface area contributed by atoms with Crippen molar-refractivity contribution in [2.24, 2.45) is 0 Å². The van der Waals surface area contributed by atoms with Gasteiger partial charge in [0.1, 0.15) is 0 Å². The number of carboxylic acid groups (broad SMARTS) is 1. The number of carboxylic acids is 1. The Hall–Kier alpha value is -1.29. The maximum atomic E-state index is 10.7. The topological polar surface area (TPSA) is 40.5 Å². The average molecular weight is 338 g/mol. The van der Waals surface area contributed by atoms with Crippen molar-refractivity contribution in [3.63, 3.8) is 0 Å². The molecule has 1 aliphatic rings. The summed E-state index contributed by atoms with van der Waals surface area (Å²) < 4.78 is 0.971. The first-order valence-electron chi connectivity index (χ1n) is 7.12. The van der Waals surface area contributed by atoms with Gasteiger partial charge in [-0.15, -0.1) is 0 Å². The third kappa shape index (κ3) is 4.37. The van der Waals surface area contributed by atoms with Crippen LogP contribution in [0.3, 0.4) is 0 Å². The summed E-state index contributed by atoms with van der Waals surface area (Å²) in [5.41, 5.74) is 2.09. The molecule has 0 bridgehead atoms. The smallest absolute Gasteiger partial charge is 0.328 e. The van der Waals surface area contributed by atoms with Crippen molar-refractivity contribution >= 4 is 33.7 Å². The van der Waals surface area contributed by atoms with Crippen molar-refractivity contribution in [2.45, 2.75) is 32.1 Å². The Morgan fingerprint density at radius 3 is 2.45 bits per heavy atom. The maximum Gasteiger partial charge on any atom is 0.328 e. The van der Waals surface area contributed by atoms with E-state index in [1.165, 1.54) is 38.2 Å². The fraction of sp³-hybridized carbons (Fsp3) is 0.438. The Labute approximate surface area is 128 Å². The molecule has 1 fully saturated rings. The lowest BCUT2D eigenvalue weighted by Crippen LogP contribution is -2.27. The highest BCUT2D eigenvalue weighted by atomic mass is 79.9. The standard InChI is InChI=1S/C16H20BrNO2/c17-14-7-8-15(13(12-14)6-9-16(19)20)18-10-4-2-1-3-5-11-18/h6-9,12H,1-5,10-11H2,(H,19,20)/b9-6+. The van der Waals surface area contributed by atoms with E-state index in [4.69, 9.17) is 5.11 Å². The van der Waals surface area contributed by atoms with E-state index in [-0.39, 0.29) is 0 Å². The monoisotopic (exact) mass is 337 g/mol. The number of hydrogen-bond acceptors (Lipinski definition) is 2. The zero-order valence-corrected chi connectivity index (χ0v) is 13.1. The predicted molar refractivity (Wildman–Crippen MR) is 86.1 cm³/mol. The number of aliphatic carboxylic acids is 1. The number of halogens is 1. The zero-order valence-electron chi connectivity index (χ0n) is 11.5. The molecular formula is C16H20BrNO2. The largest absolute Gasteiger partial charge is 0.478 e. The average Bonchev–Trinajstić information content (AvgIpc) is 2.37. The van der Waals surface area contributed by atoms with Crippen molar-refractivity contribution in [1.82, 2.24) is 0 Å². The summed E-state index contributed by atoms with van der Waals surface area (Å²) in [7, 11) is 0. The summed E-state index contributed by atoms with van der Waals surface area (Å²) in [5.74, 6) is -0.913. The van der Waals surface area contributed by atoms with E-state index in [2.05, 4.69) is 26.9 Å². The second-order valence-electron chi connectivity index (χ2n) is 5.13. The van der Waals surface area contributed by atoms with Gasteiger partial charge in [-0.25, -0.2) is 4.79 Å². The molecule has 1 aromatic rings. The van der Waals surface area contributed by atoms with Crippen LogP contribution < -0.4 is 4.90 Å². The SMILES string of the molecule is O=C(O)/C=C/c1cc(Br)ccc1N1CCCCCCC1. The highest BCUT2D eigenvalue weighted by Crippen LogP contribution is 2.27. The lowest BCUT2D eigenvalue weighted by atomic mass is 10.1. The lowest BCUT2D eigenvalue weighted by Gasteiger charge is -2.28. The molecule has 4 heteroatoms. The van der Waals surface area contributed by atoms with E-state index < -0.39 is 5.97 Å². The van der Waals surface area contributed by atoms with Gasteiger partial charge in [-0.2, -0.15) is 0 Å². The molecule has 0 unspecified atom stereocenters. The minimum atomic E-state index is -0.913. The maximum absolute atomic E-state index is 10.7. The number of nitrogens with zero attached hydrogens (tertiary/aromatic N) is 1. The Morgan fingerprint density at radius 1 is 1.15 bits per heavy atom. The minimum absolute atomic E-state index is 0.913. The van der Waals surface area contributed by atoms with Gasteiger partial charge < -0.3 is 10.0 Å². The van der Waals surface area contributed by atoms with Gasteiger partial charge in [-0.05, 0) is 42.7 Å². The van der Waals surface area contributed by atoms with Crippen molar-refractivity contribution in [3.8, 4) is 0 Å². The van der Waals surface area contributed by atoms with Gasteiger partial charge in [0.05, 0.1) is 0 Å². The molecule has 1 saturated heterocycles. The molecule has 1 aliphatic heterocycles. The first kappa shape index (κ1) is 15.1. The molecule has 20 heavy (non-hydrogen) atoms. The van der Waals surface area contributed by atoms with E-state index in [0.717, 1.165) is 28.8 Å². The van der Waals surface area contributed by atoms with E-state index in [9.17, 15) is 4.79 Å². The number of carbonyl (C=O) groups is 1. The number of benzene rings is 1. The normalized spacial score (nSPS) is 16.9. The molecule has 0 amide bonds. The Bertz CT molecular complexity index is 491. The molecule has 2 rings (SSSR count). The molecule has 0 radical (unpaired) electrons. The van der Waals surface area contributed by atoms with Crippen LogP contribution in [0.25, 0.3) is 6.08 Å². The molecule has 0 atom stereocenters. The van der Waals surface area contributed by atoms with E-state index in [1.54, 1.807) is 6.08 Å². The molecule has 0 aromatic heterocycles. The van der Waals surface area contributed by atoms with Crippen LogP contribution in [-0.4, -0.2) is 24.2 Å². The van der Waals surface area contributed by atoms with Crippen LogP contribution in [0.15, 0.2) is 28.7 Å². The third-order valence-corrected chi connectivity index (χ3v) is 4.09. The lowest BCUT2D eigenvalue weighted by molar-refractivity contribution is -0.131. The van der Waals surface area contributed by atoms with E-state index in [0.29, 0.717) is 0 Å². The van der Waals surface area contributed by atoms with Crippen molar-refractivity contribution in [2.75, 3.05) is 18.0 Å². The highest BCUT2D eigenvalue weighted by Gasteiger charge is 2.12. The molecule has 1 N–H and O–H groups in total. The van der Waals surface area contributed by atoms with Crippen molar-refractivity contribution < 1.29 is 9.90 Å². The third-order valence-electron chi connectivity index (χ3n) is 3.59. The van der Waals surface area contributed by atoms with Crippen LogP contribution in [0.4, 0.5) is 5.69 Å². The fourth-order valence-corrected chi connectivity index (χ4v) is 2.98. The second-order valence-corrected chi connectivity index (χ2v) is 6.05. The van der Waals surface area contributed by atoms with Gasteiger partial charge >= 0.3 is 5.97 Å². The Morgan fingerprint density at radius 2 is 1.80 bits per heavy atom. The van der Waals surface area contributed by atoms with Gasteiger partial charge in [0.2, 0.25) is 0 Å². The first-order chi connectivity index (χ1) is 9.66. The molecule has 0 saturated carbocycles. The molecule has 108 valence electrons. The molecule has 1 aromatic carbocycles. The van der Waals surface area contributed by atoms with E-state index in [1.807, 2.05) is 12.1 Å². The van der Waals surface area contributed by atoms with Crippen LogP contribution in [0.1, 0.15) is 37.7 Å². The fourth-order valence-electron chi connectivity index (χ4n) is 2.60.